The summed E-state index contributed by atoms with van der Waals surface area (Å²) in [7, 11) is 0. The molecule has 0 atom stereocenters. The van der Waals surface area contributed by atoms with E-state index in [-0.39, 0.29) is 17.5 Å². The number of aromatic nitrogens is 2. The van der Waals surface area contributed by atoms with Crippen LogP contribution in [0.1, 0.15) is 37.2 Å². The lowest BCUT2D eigenvalue weighted by atomic mass is 9.99. The fourth-order valence-corrected chi connectivity index (χ4v) is 2.93. The molecule has 0 bridgehead atoms. The van der Waals surface area contributed by atoms with Crippen LogP contribution in [0.25, 0.3) is 0 Å². The summed E-state index contributed by atoms with van der Waals surface area (Å²) in [5.74, 6) is 1.05. The van der Waals surface area contributed by atoms with E-state index in [0.29, 0.717) is 11.4 Å². The Labute approximate surface area is 152 Å². The van der Waals surface area contributed by atoms with E-state index < -0.39 is 0 Å². The molecule has 0 radical (unpaired) electrons. The van der Waals surface area contributed by atoms with Gasteiger partial charge in [-0.15, -0.1) is 10.2 Å². The van der Waals surface area contributed by atoms with Crippen LogP contribution in [-0.2, 0) is 4.79 Å². The van der Waals surface area contributed by atoms with Crippen LogP contribution in [0.5, 0.6) is 0 Å². The minimum Gasteiger partial charge on any atom is -0.355 e. The topological polar surface area (TPSA) is 87.2 Å². The van der Waals surface area contributed by atoms with Gasteiger partial charge in [-0.1, -0.05) is 13.0 Å². The Balaban J connectivity index is 1.64. The zero-order chi connectivity index (χ0) is 18.5. The van der Waals surface area contributed by atoms with Crippen LogP contribution in [0.2, 0.25) is 0 Å². The summed E-state index contributed by atoms with van der Waals surface area (Å²) >= 11 is 0. The minimum absolute atomic E-state index is 0.165. The third-order valence-corrected chi connectivity index (χ3v) is 4.43. The molecule has 1 aliphatic heterocycles. The van der Waals surface area contributed by atoms with E-state index in [1.54, 1.807) is 30.3 Å². The standard InChI is InChI=1S/C19H23N5O2/c1-13-8-10-24(11-9-13)18-7-6-17(22-23-18)19(26)21-16-5-3-4-15(12-16)20-14(2)25/h3-7,12-13H,8-11H2,1-2H3,(H,20,25)(H,21,26). The number of amides is 2. The van der Waals surface area contributed by atoms with Gasteiger partial charge in [-0.3, -0.25) is 9.59 Å². The van der Waals surface area contributed by atoms with Crippen LogP contribution in [0.4, 0.5) is 17.2 Å². The molecule has 2 N–H and O–H groups in total. The second kappa shape index (κ2) is 7.95. The van der Waals surface area contributed by atoms with E-state index in [1.165, 1.54) is 6.92 Å². The van der Waals surface area contributed by atoms with Crippen molar-refractivity contribution in [3.63, 3.8) is 0 Å². The fraction of sp³-hybridized carbons (Fsp3) is 0.368. The molecular weight excluding hydrogens is 330 g/mol. The van der Waals surface area contributed by atoms with Gasteiger partial charge in [0.15, 0.2) is 11.5 Å². The highest BCUT2D eigenvalue weighted by molar-refractivity contribution is 6.03. The molecule has 2 amide bonds. The third-order valence-electron chi connectivity index (χ3n) is 4.43. The number of carbonyl (C=O) groups is 2. The Morgan fingerprint density at radius 2 is 1.73 bits per heavy atom. The lowest BCUT2D eigenvalue weighted by Gasteiger charge is -2.30. The molecule has 1 saturated heterocycles. The second-order valence-corrected chi connectivity index (χ2v) is 6.66. The first-order chi connectivity index (χ1) is 12.5. The Bertz CT molecular complexity index is 783. The van der Waals surface area contributed by atoms with Crippen molar-refractivity contribution in [3.05, 3.63) is 42.1 Å². The summed E-state index contributed by atoms with van der Waals surface area (Å²) in [5, 5.41) is 13.7. The monoisotopic (exact) mass is 353 g/mol. The van der Waals surface area contributed by atoms with Crippen LogP contribution in [0, 0.1) is 5.92 Å². The van der Waals surface area contributed by atoms with E-state index >= 15 is 0 Å². The maximum Gasteiger partial charge on any atom is 0.276 e. The molecule has 26 heavy (non-hydrogen) atoms. The number of nitrogens with zero attached hydrogens (tertiary/aromatic N) is 3. The van der Waals surface area contributed by atoms with Gasteiger partial charge in [0.1, 0.15) is 0 Å². The summed E-state index contributed by atoms with van der Waals surface area (Å²) in [5.41, 5.74) is 1.46. The molecule has 7 nitrogen and oxygen atoms in total. The molecule has 3 rings (SSSR count). The summed E-state index contributed by atoms with van der Waals surface area (Å²) < 4.78 is 0. The Morgan fingerprint density at radius 1 is 1.04 bits per heavy atom. The van der Waals surface area contributed by atoms with Gasteiger partial charge in [0.05, 0.1) is 0 Å². The molecule has 136 valence electrons. The molecule has 1 aliphatic rings. The van der Waals surface area contributed by atoms with Crippen molar-refractivity contribution in [2.75, 3.05) is 28.6 Å². The number of rotatable bonds is 4. The van der Waals surface area contributed by atoms with Gasteiger partial charge in [0, 0.05) is 31.4 Å². The number of benzene rings is 1. The number of nitrogens with one attached hydrogen (secondary N) is 2. The molecule has 0 unspecified atom stereocenters. The average Bonchev–Trinajstić information content (AvgIpc) is 2.62. The molecule has 0 spiro atoms. The summed E-state index contributed by atoms with van der Waals surface area (Å²) in [6.45, 7) is 5.64. The second-order valence-electron chi connectivity index (χ2n) is 6.66. The van der Waals surface area contributed by atoms with Crippen molar-refractivity contribution < 1.29 is 9.59 Å². The lowest BCUT2D eigenvalue weighted by molar-refractivity contribution is -0.114. The first kappa shape index (κ1) is 17.8. The quantitative estimate of drug-likeness (QED) is 0.882. The zero-order valence-corrected chi connectivity index (χ0v) is 15.0. The molecular formula is C19H23N5O2. The summed E-state index contributed by atoms with van der Waals surface area (Å²) in [6, 6.07) is 10.5. The first-order valence-corrected chi connectivity index (χ1v) is 8.79. The predicted molar refractivity (Wildman–Crippen MR) is 101 cm³/mol. The molecule has 7 heteroatoms. The molecule has 1 fully saturated rings. The smallest absolute Gasteiger partial charge is 0.276 e. The maximum absolute atomic E-state index is 12.4. The van der Waals surface area contributed by atoms with Gasteiger partial charge < -0.3 is 15.5 Å². The van der Waals surface area contributed by atoms with Crippen molar-refractivity contribution in [1.29, 1.82) is 0 Å². The third kappa shape index (κ3) is 4.56. The van der Waals surface area contributed by atoms with Crippen molar-refractivity contribution in [2.24, 2.45) is 5.92 Å². The predicted octanol–water partition coefficient (Wildman–Crippen LogP) is 2.92. The molecule has 1 aromatic carbocycles. The number of hydrogen-bond donors (Lipinski definition) is 2. The number of hydrogen-bond acceptors (Lipinski definition) is 5. The van der Waals surface area contributed by atoms with E-state index in [1.807, 2.05) is 6.07 Å². The summed E-state index contributed by atoms with van der Waals surface area (Å²) in [4.78, 5) is 25.7. The van der Waals surface area contributed by atoms with Crippen LogP contribution in [0.15, 0.2) is 36.4 Å². The van der Waals surface area contributed by atoms with Crippen molar-refractivity contribution in [2.45, 2.75) is 26.7 Å². The van der Waals surface area contributed by atoms with Gasteiger partial charge in [0.2, 0.25) is 5.91 Å². The van der Waals surface area contributed by atoms with E-state index in [2.05, 4.69) is 32.7 Å². The molecule has 2 aromatic rings. The van der Waals surface area contributed by atoms with E-state index in [9.17, 15) is 9.59 Å². The van der Waals surface area contributed by atoms with Gasteiger partial charge >= 0.3 is 0 Å². The molecule has 2 heterocycles. The van der Waals surface area contributed by atoms with Crippen molar-refractivity contribution in [3.8, 4) is 0 Å². The van der Waals surface area contributed by atoms with Crippen molar-refractivity contribution in [1.82, 2.24) is 10.2 Å². The van der Waals surface area contributed by atoms with E-state index in [0.717, 1.165) is 37.7 Å². The highest BCUT2D eigenvalue weighted by Crippen LogP contribution is 2.21. The molecule has 0 aliphatic carbocycles. The van der Waals surface area contributed by atoms with Crippen LogP contribution >= 0.6 is 0 Å². The minimum atomic E-state index is -0.337. The largest absolute Gasteiger partial charge is 0.355 e. The van der Waals surface area contributed by atoms with Gasteiger partial charge in [0.25, 0.3) is 5.91 Å². The van der Waals surface area contributed by atoms with Crippen LogP contribution in [0.3, 0.4) is 0 Å². The maximum atomic E-state index is 12.4. The van der Waals surface area contributed by atoms with Gasteiger partial charge in [-0.2, -0.15) is 0 Å². The highest BCUT2D eigenvalue weighted by atomic mass is 16.2. The summed E-state index contributed by atoms with van der Waals surface area (Å²) in [6.07, 6.45) is 2.29. The molecule has 1 aromatic heterocycles. The lowest BCUT2D eigenvalue weighted by Crippen LogP contribution is -2.33. The number of carbonyl (C=O) groups excluding carboxylic acids is 2. The van der Waals surface area contributed by atoms with Crippen LogP contribution < -0.4 is 15.5 Å². The van der Waals surface area contributed by atoms with Crippen LogP contribution in [-0.4, -0.2) is 35.1 Å². The number of anilines is 3. The van der Waals surface area contributed by atoms with Gasteiger partial charge in [-0.05, 0) is 49.1 Å². The normalized spacial score (nSPS) is 14.8. The number of piperidine rings is 1. The van der Waals surface area contributed by atoms with Gasteiger partial charge in [-0.25, -0.2) is 0 Å². The average molecular weight is 353 g/mol. The first-order valence-electron chi connectivity index (χ1n) is 8.79. The molecule has 0 saturated carbocycles. The fourth-order valence-electron chi connectivity index (χ4n) is 2.93. The van der Waals surface area contributed by atoms with Crippen molar-refractivity contribution >= 4 is 29.0 Å². The Hall–Kier alpha value is -2.96. The van der Waals surface area contributed by atoms with E-state index in [4.69, 9.17) is 0 Å². The Morgan fingerprint density at radius 3 is 2.35 bits per heavy atom. The Kier molecular flexibility index (Phi) is 5.46. The highest BCUT2D eigenvalue weighted by Gasteiger charge is 2.18. The zero-order valence-electron chi connectivity index (χ0n) is 15.0. The SMILES string of the molecule is CC(=O)Nc1cccc(NC(=O)c2ccc(N3CCC(C)CC3)nn2)c1.